The molecule has 2 aromatic carbocycles. The molecule has 2 unspecified atom stereocenters. The van der Waals surface area contributed by atoms with Crippen LogP contribution in [0.4, 0.5) is 29.1 Å². The fourth-order valence-corrected chi connectivity index (χ4v) is 7.59. The summed E-state index contributed by atoms with van der Waals surface area (Å²) in [7, 11) is -0.0344. The molecule has 2 saturated heterocycles. The molecule has 2 fully saturated rings. The van der Waals surface area contributed by atoms with E-state index in [0.29, 0.717) is 43.1 Å². The Kier molecular flexibility index (Phi) is 9.47. The molecule has 0 amide bonds. The van der Waals surface area contributed by atoms with Crippen molar-refractivity contribution in [3.8, 4) is 0 Å². The highest BCUT2D eigenvalue weighted by Crippen LogP contribution is 2.37. The van der Waals surface area contributed by atoms with Crippen LogP contribution in [-0.2, 0) is 22.6 Å². The number of likely N-dealkylation sites (N-methyl/N-ethyl adjacent to an activating group) is 1. The third-order valence-corrected chi connectivity index (χ3v) is 10.3. The Morgan fingerprint density at radius 1 is 1.14 bits per heavy atom. The maximum absolute atomic E-state index is 15.4. The van der Waals surface area contributed by atoms with Crippen LogP contribution in [0.2, 0.25) is 0 Å². The number of alkyl halides is 3. The van der Waals surface area contributed by atoms with Crippen molar-refractivity contribution in [3.05, 3.63) is 78.0 Å². The summed E-state index contributed by atoms with van der Waals surface area (Å²) in [5.74, 6) is -0.372. The van der Waals surface area contributed by atoms with Crippen molar-refractivity contribution >= 4 is 21.5 Å². The van der Waals surface area contributed by atoms with E-state index in [0.717, 1.165) is 45.0 Å². The molecule has 3 aromatic rings. The number of aryl methyl sites for hydroxylation is 1. The van der Waals surface area contributed by atoms with Gasteiger partial charge >= 0.3 is 6.18 Å². The molecule has 238 valence electrons. The number of sulfonamides is 1. The Hall–Kier alpha value is -3.29. The largest absolute Gasteiger partial charge is 0.416 e. The first-order valence-corrected chi connectivity index (χ1v) is 16.2. The van der Waals surface area contributed by atoms with Crippen molar-refractivity contribution in [2.75, 3.05) is 56.4 Å². The van der Waals surface area contributed by atoms with Gasteiger partial charge in [0.25, 0.3) is 10.0 Å². The van der Waals surface area contributed by atoms with Crippen LogP contribution in [0.15, 0.2) is 66.0 Å². The molecule has 0 spiro atoms. The van der Waals surface area contributed by atoms with Crippen LogP contribution in [0.5, 0.6) is 0 Å². The maximum Gasteiger partial charge on any atom is 0.416 e. The van der Waals surface area contributed by atoms with Crippen molar-refractivity contribution in [2.45, 2.75) is 48.7 Å². The van der Waals surface area contributed by atoms with Crippen LogP contribution in [0.25, 0.3) is 0 Å². The minimum atomic E-state index is -4.41. The molecule has 2 aliphatic heterocycles. The van der Waals surface area contributed by atoms with Crippen molar-refractivity contribution in [1.29, 1.82) is 0 Å². The smallest absolute Gasteiger partial charge is 0.370 e. The van der Waals surface area contributed by atoms with E-state index in [4.69, 9.17) is 0 Å². The van der Waals surface area contributed by atoms with Gasteiger partial charge in [0.05, 0.1) is 5.56 Å². The maximum atomic E-state index is 15.4. The third kappa shape index (κ3) is 7.49. The molecular formula is C31H38F4N6O2S. The van der Waals surface area contributed by atoms with E-state index in [-0.39, 0.29) is 11.4 Å². The number of hydrogen-bond donors (Lipinski definition) is 1. The molecule has 1 aromatic heterocycles. The highest BCUT2D eigenvalue weighted by Gasteiger charge is 2.40. The van der Waals surface area contributed by atoms with Crippen molar-refractivity contribution < 1.29 is 26.0 Å². The summed E-state index contributed by atoms with van der Waals surface area (Å²) in [5, 5.41) is 0. The molecule has 0 bridgehead atoms. The van der Waals surface area contributed by atoms with Gasteiger partial charge in [-0.1, -0.05) is 18.2 Å². The Labute approximate surface area is 256 Å². The van der Waals surface area contributed by atoms with E-state index >= 15 is 4.39 Å². The van der Waals surface area contributed by atoms with Gasteiger partial charge in [0, 0.05) is 43.6 Å². The average molecular weight is 635 g/mol. The summed E-state index contributed by atoms with van der Waals surface area (Å²) in [6.07, 6.45) is 1.98. The fraction of sp³-hybridized carbons (Fsp3) is 0.484. The minimum Gasteiger partial charge on any atom is -0.370 e. The predicted molar refractivity (Wildman–Crippen MR) is 161 cm³/mol. The van der Waals surface area contributed by atoms with E-state index in [2.05, 4.69) is 43.5 Å². The van der Waals surface area contributed by atoms with E-state index in [1.807, 2.05) is 0 Å². The first kappa shape index (κ1) is 32.1. The lowest BCUT2D eigenvalue weighted by Crippen LogP contribution is -2.59. The minimum absolute atomic E-state index is 0.0292. The lowest BCUT2D eigenvalue weighted by atomic mass is 9.81. The molecule has 0 radical (unpaired) electrons. The SMILES string of the molecule is CN1CCC(CN(C)C2(CCc3cccc(C(F)(F)F)c3)CCCN(c3ccc(S(=O)(=O)Nc4ccncn4)c(F)c3)C2)C1. The molecule has 2 aliphatic rings. The van der Waals surface area contributed by atoms with E-state index < -0.39 is 32.5 Å². The van der Waals surface area contributed by atoms with Gasteiger partial charge in [-0.05, 0) is 94.6 Å². The standard InChI is InChI=1S/C31H38F4N6O2S/c1-39-16-11-24(19-39)20-40(2)30(13-9-23-5-3-6-25(17-23)31(33,34)35)12-4-15-41(21-30)26-7-8-28(27(32)18-26)44(42,43)38-29-10-14-36-22-37-29/h3,5-8,10,14,17-18,22,24H,4,9,11-13,15-16,19-21H2,1-2H3,(H,36,37,38). The van der Waals surface area contributed by atoms with E-state index in [9.17, 15) is 21.6 Å². The van der Waals surface area contributed by atoms with Gasteiger partial charge in [0.2, 0.25) is 0 Å². The molecule has 0 aliphatic carbocycles. The second-order valence-corrected chi connectivity index (χ2v) is 13.7. The van der Waals surface area contributed by atoms with Crippen molar-refractivity contribution in [2.24, 2.45) is 5.92 Å². The van der Waals surface area contributed by atoms with Gasteiger partial charge < -0.3 is 9.80 Å². The summed E-state index contributed by atoms with van der Waals surface area (Å²) < 4.78 is 83.7. The van der Waals surface area contributed by atoms with Gasteiger partial charge in [-0.25, -0.2) is 22.8 Å². The lowest BCUT2D eigenvalue weighted by molar-refractivity contribution is -0.137. The molecule has 3 heterocycles. The van der Waals surface area contributed by atoms with Gasteiger partial charge in [-0.15, -0.1) is 0 Å². The first-order valence-electron chi connectivity index (χ1n) is 14.7. The second kappa shape index (κ2) is 13.0. The highest BCUT2D eigenvalue weighted by atomic mass is 32.2. The molecule has 0 saturated carbocycles. The molecular weight excluding hydrogens is 596 g/mol. The third-order valence-electron chi connectivity index (χ3n) is 8.91. The molecule has 5 rings (SSSR count). The van der Waals surface area contributed by atoms with Crippen LogP contribution in [0.1, 0.15) is 36.8 Å². The van der Waals surface area contributed by atoms with Crippen LogP contribution >= 0.6 is 0 Å². The first-order chi connectivity index (χ1) is 20.8. The molecule has 13 heteroatoms. The van der Waals surface area contributed by atoms with E-state index in [1.54, 1.807) is 12.1 Å². The van der Waals surface area contributed by atoms with Gasteiger partial charge in [-0.2, -0.15) is 13.2 Å². The number of halogens is 4. The number of rotatable bonds is 10. The molecule has 8 nitrogen and oxygen atoms in total. The van der Waals surface area contributed by atoms with Gasteiger partial charge in [-0.3, -0.25) is 9.62 Å². The van der Waals surface area contributed by atoms with Gasteiger partial charge in [0.15, 0.2) is 0 Å². The van der Waals surface area contributed by atoms with Crippen LogP contribution in [-0.4, -0.2) is 80.5 Å². The Morgan fingerprint density at radius 3 is 2.64 bits per heavy atom. The van der Waals surface area contributed by atoms with Crippen LogP contribution < -0.4 is 9.62 Å². The normalized spacial score (nSPS) is 21.6. The molecule has 44 heavy (non-hydrogen) atoms. The zero-order valence-corrected chi connectivity index (χ0v) is 25.7. The van der Waals surface area contributed by atoms with Crippen molar-refractivity contribution in [3.63, 3.8) is 0 Å². The number of hydrogen-bond acceptors (Lipinski definition) is 7. The number of nitrogens with one attached hydrogen (secondary N) is 1. The van der Waals surface area contributed by atoms with Crippen molar-refractivity contribution in [1.82, 2.24) is 19.8 Å². The van der Waals surface area contributed by atoms with E-state index in [1.165, 1.54) is 42.9 Å². The van der Waals surface area contributed by atoms with Gasteiger partial charge in [0.1, 0.15) is 22.9 Å². The summed E-state index contributed by atoms with van der Waals surface area (Å²) in [6.45, 7) is 4.05. The van der Waals surface area contributed by atoms with Crippen LogP contribution in [0.3, 0.4) is 0 Å². The number of piperidine rings is 1. The Bertz CT molecular complexity index is 1540. The zero-order chi connectivity index (χ0) is 31.5. The lowest BCUT2D eigenvalue weighted by Gasteiger charge is -2.50. The predicted octanol–water partition coefficient (Wildman–Crippen LogP) is 5.29. The number of aromatic nitrogens is 2. The Balaban J connectivity index is 1.38. The quantitative estimate of drug-likeness (QED) is 0.304. The summed E-state index contributed by atoms with van der Waals surface area (Å²) in [6, 6.07) is 11.0. The zero-order valence-electron chi connectivity index (χ0n) is 24.9. The number of benzene rings is 2. The summed E-state index contributed by atoms with van der Waals surface area (Å²) in [5.41, 5.74) is 0.155. The molecule has 1 N–H and O–H groups in total. The monoisotopic (exact) mass is 634 g/mol. The summed E-state index contributed by atoms with van der Waals surface area (Å²) >= 11 is 0. The Morgan fingerprint density at radius 2 is 1.95 bits per heavy atom. The molecule has 2 atom stereocenters. The number of likely N-dealkylation sites (tertiary alicyclic amines) is 1. The number of nitrogens with zero attached hydrogens (tertiary/aromatic N) is 5. The fourth-order valence-electron chi connectivity index (χ4n) is 6.52. The summed E-state index contributed by atoms with van der Waals surface area (Å²) in [4.78, 5) is 13.8. The average Bonchev–Trinajstić information content (AvgIpc) is 3.40. The topological polar surface area (TPSA) is 81.7 Å². The second-order valence-electron chi connectivity index (χ2n) is 12.1. The highest BCUT2D eigenvalue weighted by molar-refractivity contribution is 7.92. The van der Waals surface area contributed by atoms with Crippen LogP contribution in [0, 0.1) is 11.7 Å². The number of anilines is 2.